The average molecular weight is 212 g/mol. The summed E-state index contributed by atoms with van der Waals surface area (Å²) in [6.07, 6.45) is -5.72. The summed E-state index contributed by atoms with van der Waals surface area (Å²) in [6, 6.07) is 0. The standard InChI is InChI=1S/C6H13O6P/c7-1-2(8)5-3(9)4(10)6(11-5)12-13/h2-10H,1,13H2/t2-,3-,4-,5-,6?/m1/s1. The summed E-state index contributed by atoms with van der Waals surface area (Å²) in [5.41, 5.74) is 0. The summed E-state index contributed by atoms with van der Waals surface area (Å²) in [7, 11) is 1.89. The monoisotopic (exact) mass is 212 g/mol. The lowest BCUT2D eigenvalue weighted by Gasteiger charge is -2.18. The Morgan fingerprint density at radius 3 is 2.38 bits per heavy atom. The van der Waals surface area contributed by atoms with Crippen molar-refractivity contribution in [1.82, 2.24) is 0 Å². The van der Waals surface area contributed by atoms with Gasteiger partial charge in [0.2, 0.25) is 0 Å². The van der Waals surface area contributed by atoms with E-state index in [1.165, 1.54) is 0 Å². The molecule has 6 nitrogen and oxygen atoms in total. The molecule has 7 heteroatoms. The van der Waals surface area contributed by atoms with E-state index in [2.05, 4.69) is 4.52 Å². The van der Waals surface area contributed by atoms with Crippen LogP contribution in [-0.4, -0.2) is 57.7 Å². The van der Waals surface area contributed by atoms with Crippen molar-refractivity contribution in [2.75, 3.05) is 6.61 Å². The van der Waals surface area contributed by atoms with E-state index >= 15 is 0 Å². The third-order valence-electron chi connectivity index (χ3n) is 1.96. The van der Waals surface area contributed by atoms with Gasteiger partial charge in [0.15, 0.2) is 6.29 Å². The Hall–Kier alpha value is 0.190. The fourth-order valence-electron chi connectivity index (χ4n) is 1.21. The molecule has 13 heavy (non-hydrogen) atoms. The zero-order chi connectivity index (χ0) is 10.0. The second-order valence-electron chi connectivity index (χ2n) is 2.84. The summed E-state index contributed by atoms with van der Waals surface area (Å²) in [4.78, 5) is 0. The van der Waals surface area contributed by atoms with Gasteiger partial charge in [-0.3, -0.25) is 0 Å². The van der Waals surface area contributed by atoms with Crippen molar-refractivity contribution < 1.29 is 29.7 Å². The zero-order valence-corrected chi connectivity index (χ0v) is 7.93. The molecule has 0 aromatic heterocycles. The van der Waals surface area contributed by atoms with Gasteiger partial charge in [-0.1, -0.05) is 0 Å². The van der Waals surface area contributed by atoms with Gasteiger partial charge < -0.3 is 29.7 Å². The van der Waals surface area contributed by atoms with E-state index in [1.54, 1.807) is 0 Å². The molecule has 0 aliphatic carbocycles. The minimum absolute atomic E-state index is 0.544. The van der Waals surface area contributed by atoms with Crippen LogP contribution < -0.4 is 0 Å². The smallest absolute Gasteiger partial charge is 0.189 e. The molecule has 0 bridgehead atoms. The van der Waals surface area contributed by atoms with Crippen molar-refractivity contribution in [3.05, 3.63) is 0 Å². The third kappa shape index (κ3) is 2.16. The van der Waals surface area contributed by atoms with Crippen molar-refractivity contribution >= 4 is 9.47 Å². The fraction of sp³-hybridized carbons (Fsp3) is 1.00. The SMILES string of the molecule is OC[C@@H](O)[C@H]1OC(OP)[C@H](O)[C@H]1O. The van der Waals surface area contributed by atoms with E-state index in [0.717, 1.165) is 0 Å². The largest absolute Gasteiger partial charge is 0.394 e. The van der Waals surface area contributed by atoms with Crippen LogP contribution in [0.25, 0.3) is 0 Å². The Kier molecular flexibility index (Phi) is 4.00. The number of rotatable bonds is 3. The Bertz CT molecular complexity index is 167. The fourth-order valence-corrected chi connectivity index (χ4v) is 1.43. The number of hydrogen-bond acceptors (Lipinski definition) is 6. The van der Waals surface area contributed by atoms with Crippen LogP contribution in [0.4, 0.5) is 0 Å². The predicted octanol–water partition coefficient (Wildman–Crippen LogP) is -2.41. The number of aliphatic hydroxyl groups is 4. The first-order valence-corrected chi connectivity index (χ1v) is 4.25. The van der Waals surface area contributed by atoms with Gasteiger partial charge in [0, 0.05) is 9.47 Å². The van der Waals surface area contributed by atoms with Crippen LogP contribution in [0.5, 0.6) is 0 Å². The summed E-state index contributed by atoms with van der Waals surface area (Å²) in [6.45, 7) is -0.544. The lowest BCUT2D eigenvalue weighted by molar-refractivity contribution is -0.131. The second kappa shape index (κ2) is 4.61. The molecular weight excluding hydrogens is 199 g/mol. The topological polar surface area (TPSA) is 99.4 Å². The van der Waals surface area contributed by atoms with Crippen molar-refractivity contribution in [3.63, 3.8) is 0 Å². The van der Waals surface area contributed by atoms with E-state index < -0.39 is 37.3 Å². The third-order valence-corrected chi connectivity index (χ3v) is 2.23. The van der Waals surface area contributed by atoms with Gasteiger partial charge in [0.05, 0.1) is 6.61 Å². The van der Waals surface area contributed by atoms with Crippen LogP contribution in [0.1, 0.15) is 0 Å². The molecule has 0 amide bonds. The minimum atomic E-state index is -1.26. The van der Waals surface area contributed by atoms with Crippen molar-refractivity contribution in [1.29, 1.82) is 0 Å². The van der Waals surface area contributed by atoms with Gasteiger partial charge >= 0.3 is 0 Å². The van der Waals surface area contributed by atoms with Crippen LogP contribution in [-0.2, 0) is 9.26 Å². The van der Waals surface area contributed by atoms with Crippen LogP contribution in [0.3, 0.4) is 0 Å². The molecule has 1 fully saturated rings. The van der Waals surface area contributed by atoms with E-state index in [9.17, 15) is 10.2 Å². The lowest BCUT2D eigenvalue weighted by atomic mass is 10.1. The summed E-state index contributed by atoms with van der Waals surface area (Å²) in [5.74, 6) is 0. The first-order chi connectivity index (χ1) is 6.11. The molecule has 1 aliphatic rings. The highest BCUT2D eigenvalue weighted by Gasteiger charge is 2.45. The molecule has 1 saturated heterocycles. The molecule has 0 aromatic carbocycles. The average Bonchev–Trinajstić information content (AvgIpc) is 2.43. The molecule has 6 atom stereocenters. The van der Waals surface area contributed by atoms with E-state index in [0.29, 0.717) is 0 Å². The van der Waals surface area contributed by atoms with Crippen molar-refractivity contribution in [3.8, 4) is 0 Å². The summed E-state index contributed by atoms with van der Waals surface area (Å²) >= 11 is 0. The van der Waals surface area contributed by atoms with Crippen molar-refractivity contribution in [2.45, 2.75) is 30.7 Å². The van der Waals surface area contributed by atoms with Crippen LogP contribution in [0.2, 0.25) is 0 Å². The quantitative estimate of drug-likeness (QED) is 0.389. The minimum Gasteiger partial charge on any atom is -0.394 e. The summed E-state index contributed by atoms with van der Waals surface area (Å²) in [5, 5.41) is 36.3. The molecule has 1 aliphatic heterocycles. The number of hydrogen-bond donors (Lipinski definition) is 4. The molecule has 78 valence electrons. The Morgan fingerprint density at radius 2 is 2.00 bits per heavy atom. The highest BCUT2D eigenvalue weighted by Crippen LogP contribution is 2.25. The van der Waals surface area contributed by atoms with Gasteiger partial charge in [-0.05, 0) is 0 Å². The van der Waals surface area contributed by atoms with Gasteiger partial charge in [-0.25, -0.2) is 0 Å². The first kappa shape index (κ1) is 11.3. The molecule has 4 N–H and O–H groups in total. The van der Waals surface area contributed by atoms with Gasteiger partial charge in [-0.2, -0.15) is 0 Å². The number of aliphatic hydroxyl groups excluding tert-OH is 4. The van der Waals surface area contributed by atoms with Crippen LogP contribution in [0, 0.1) is 0 Å². The molecule has 0 spiro atoms. The molecule has 0 saturated carbocycles. The lowest BCUT2D eigenvalue weighted by Crippen LogP contribution is -2.40. The molecular formula is C6H13O6P. The van der Waals surface area contributed by atoms with Gasteiger partial charge in [0.1, 0.15) is 24.4 Å². The highest BCUT2D eigenvalue weighted by atomic mass is 31.0. The highest BCUT2D eigenvalue weighted by molar-refractivity contribution is 7.09. The predicted molar refractivity (Wildman–Crippen MR) is 44.6 cm³/mol. The number of ether oxygens (including phenoxy) is 1. The molecule has 1 rings (SSSR count). The molecule has 0 aromatic rings. The molecule has 0 radical (unpaired) electrons. The molecule has 2 unspecified atom stereocenters. The first-order valence-electron chi connectivity index (χ1n) is 3.78. The van der Waals surface area contributed by atoms with Gasteiger partial charge in [-0.15, -0.1) is 0 Å². The van der Waals surface area contributed by atoms with Crippen molar-refractivity contribution in [2.24, 2.45) is 0 Å². The molecule has 1 heterocycles. The van der Waals surface area contributed by atoms with Crippen LogP contribution >= 0.6 is 9.47 Å². The maximum atomic E-state index is 9.33. The van der Waals surface area contributed by atoms with E-state index in [1.807, 2.05) is 9.47 Å². The van der Waals surface area contributed by atoms with Gasteiger partial charge in [0.25, 0.3) is 0 Å². The Labute approximate surface area is 77.4 Å². The van der Waals surface area contributed by atoms with E-state index in [4.69, 9.17) is 14.9 Å². The Morgan fingerprint density at radius 1 is 1.38 bits per heavy atom. The Balaban J connectivity index is 2.60. The second-order valence-corrected chi connectivity index (χ2v) is 3.11. The van der Waals surface area contributed by atoms with Crippen LogP contribution in [0.15, 0.2) is 0 Å². The maximum absolute atomic E-state index is 9.33. The van der Waals surface area contributed by atoms with E-state index in [-0.39, 0.29) is 0 Å². The normalized spacial score (nSPS) is 42.2. The zero-order valence-electron chi connectivity index (χ0n) is 6.78. The maximum Gasteiger partial charge on any atom is 0.189 e. The summed E-state index contributed by atoms with van der Waals surface area (Å²) < 4.78 is 9.55.